The van der Waals surface area contributed by atoms with Gasteiger partial charge in [0, 0.05) is 10.9 Å². The van der Waals surface area contributed by atoms with Gasteiger partial charge in [0.15, 0.2) is 0 Å². The molecule has 0 aliphatic heterocycles. The minimum absolute atomic E-state index is 0.142. The Morgan fingerprint density at radius 3 is 2.80 bits per heavy atom. The lowest BCUT2D eigenvalue weighted by atomic mass is 10.1. The van der Waals surface area contributed by atoms with Crippen molar-refractivity contribution in [2.75, 3.05) is 5.32 Å². The molecule has 6 nitrogen and oxygen atoms in total. The minimum Gasteiger partial charge on any atom is -0.319 e. The fourth-order valence-electron chi connectivity index (χ4n) is 1.71. The normalized spacial score (nSPS) is 11.9. The molecule has 1 heterocycles. The molecule has 2 rings (SSSR count). The Morgan fingerprint density at radius 1 is 1.45 bits per heavy atom. The van der Waals surface area contributed by atoms with Crippen LogP contribution in [-0.2, 0) is 4.79 Å². The van der Waals surface area contributed by atoms with Gasteiger partial charge < -0.3 is 11.1 Å². The number of nitrogens with zero attached hydrogens (tertiary/aromatic N) is 1. The average Bonchev–Trinajstić information content (AvgIpc) is 2.93. The van der Waals surface area contributed by atoms with Gasteiger partial charge in [0.05, 0.1) is 4.92 Å². The molecule has 0 bridgehead atoms. The van der Waals surface area contributed by atoms with Crippen molar-refractivity contribution >= 4 is 28.6 Å². The summed E-state index contributed by atoms with van der Waals surface area (Å²) < 4.78 is 0. The van der Waals surface area contributed by atoms with Gasteiger partial charge in [-0.2, -0.15) is 0 Å². The highest BCUT2D eigenvalue weighted by Crippen LogP contribution is 2.26. The van der Waals surface area contributed by atoms with Gasteiger partial charge in [0.25, 0.3) is 5.69 Å². The first kappa shape index (κ1) is 14.2. The highest BCUT2D eigenvalue weighted by Gasteiger charge is 2.21. The highest BCUT2D eigenvalue weighted by molar-refractivity contribution is 7.10. The molecule has 7 heteroatoms. The van der Waals surface area contributed by atoms with Crippen LogP contribution in [0, 0.1) is 17.0 Å². The lowest BCUT2D eigenvalue weighted by Crippen LogP contribution is -2.27. The maximum atomic E-state index is 12.0. The molecule has 0 radical (unpaired) electrons. The molecule has 1 unspecified atom stereocenters. The minimum atomic E-state index is -0.837. The van der Waals surface area contributed by atoms with E-state index in [0.29, 0.717) is 4.88 Å². The van der Waals surface area contributed by atoms with E-state index in [0.717, 1.165) is 5.56 Å². The van der Waals surface area contributed by atoms with Crippen LogP contribution in [0.3, 0.4) is 0 Å². The van der Waals surface area contributed by atoms with Gasteiger partial charge in [0.1, 0.15) is 11.7 Å². The summed E-state index contributed by atoms with van der Waals surface area (Å²) in [7, 11) is 0. The summed E-state index contributed by atoms with van der Waals surface area (Å²) in [5, 5.41) is 15.3. The number of rotatable bonds is 4. The van der Waals surface area contributed by atoms with Gasteiger partial charge in [-0.1, -0.05) is 12.1 Å². The number of carbonyl (C=O) groups is 1. The molecular weight excluding hydrogens is 278 g/mol. The van der Waals surface area contributed by atoms with E-state index in [9.17, 15) is 14.9 Å². The zero-order valence-electron chi connectivity index (χ0n) is 10.7. The molecular formula is C13H13N3O3S. The molecule has 0 aliphatic rings. The maximum absolute atomic E-state index is 12.0. The third-order valence-electron chi connectivity index (χ3n) is 2.74. The van der Waals surface area contributed by atoms with Crippen molar-refractivity contribution in [2.24, 2.45) is 5.73 Å². The second kappa shape index (κ2) is 5.81. The number of amides is 1. The van der Waals surface area contributed by atoms with Gasteiger partial charge in [0.2, 0.25) is 5.91 Å². The molecule has 104 valence electrons. The van der Waals surface area contributed by atoms with Crippen molar-refractivity contribution < 1.29 is 9.72 Å². The van der Waals surface area contributed by atoms with Crippen LogP contribution in [0.15, 0.2) is 35.7 Å². The zero-order valence-corrected chi connectivity index (χ0v) is 11.5. The number of nitro benzene ring substituents is 1. The molecule has 20 heavy (non-hydrogen) atoms. The molecule has 0 spiro atoms. The summed E-state index contributed by atoms with van der Waals surface area (Å²) in [6.45, 7) is 1.75. The summed E-state index contributed by atoms with van der Waals surface area (Å²) in [5.74, 6) is -0.473. The maximum Gasteiger partial charge on any atom is 0.293 e. The summed E-state index contributed by atoms with van der Waals surface area (Å²) in [5.41, 5.74) is 6.57. The van der Waals surface area contributed by atoms with Crippen LogP contribution in [0.25, 0.3) is 0 Å². The van der Waals surface area contributed by atoms with Crippen molar-refractivity contribution in [3.8, 4) is 0 Å². The average molecular weight is 291 g/mol. The standard InChI is InChI=1S/C13H13N3O3S/c1-8-4-5-9(10(7-8)16(18)19)15-13(17)12(14)11-3-2-6-20-11/h2-7,12H,14H2,1H3,(H,15,17). The number of aryl methyl sites for hydroxylation is 1. The summed E-state index contributed by atoms with van der Waals surface area (Å²) in [6.07, 6.45) is 0. The van der Waals surface area contributed by atoms with Crippen LogP contribution in [0.4, 0.5) is 11.4 Å². The molecule has 1 amide bonds. The smallest absolute Gasteiger partial charge is 0.293 e. The molecule has 0 fully saturated rings. The van der Waals surface area contributed by atoms with Gasteiger partial charge in [-0.25, -0.2) is 0 Å². The topological polar surface area (TPSA) is 98.3 Å². The number of hydrogen-bond acceptors (Lipinski definition) is 5. The Balaban J connectivity index is 2.22. The zero-order chi connectivity index (χ0) is 14.7. The first-order valence-corrected chi connectivity index (χ1v) is 6.72. The number of nitro groups is 1. The Labute approximate surface area is 119 Å². The Morgan fingerprint density at radius 2 is 2.20 bits per heavy atom. The fraction of sp³-hybridized carbons (Fsp3) is 0.154. The number of nitrogens with one attached hydrogen (secondary N) is 1. The van der Waals surface area contributed by atoms with Crippen LogP contribution in [0.5, 0.6) is 0 Å². The SMILES string of the molecule is Cc1ccc(NC(=O)C(N)c2cccs2)c([N+](=O)[O-])c1. The van der Waals surface area contributed by atoms with Crippen LogP contribution >= 0.6 is 11.3 Å². The van der Waals surface area contributed by atoms with E-state index in [1.54, 1.807) is 25.1 Å². The van der Waals surface area contributed by atoms with Gasteiger partial charge >= 0.3 is 0 Å². The first-order valence-electron chi connectivity index (χ1n) is 5.84. The molecule has 0 aliphatic carbocycles. The number of hydrogen-bond donors (Lipinski definition) is 2. The third-order valence-corrected chi connectivity index (χ3v) is 3.70. The Hall–Kier alpha value is -2.25. The van der Waals surface area contributed by atoms with E-state index < -0.39 is 16.9 Å². The summed E-state index contributed by atoms with van der Waals surface area (Å²) in [4.78, 5) is 23.2. The number of carbonyl (C=O) groups excluding carboxylic acids is 1. The second-order valence-electron chi connectivity index (χ2n) is 4.26. The van der Waals surface area contributed by atoms with E-state index in [2.05, 4.69) is 5.32 Å². The molecule has 0 saturated heterocycles. The molecule has 2 aromatic rings. The molecule has 1 atom stereocenters. The fourth-order valence-corrected chi connectivity index (χ4v) is 2.43. The number of nitrogens with two attached hydrogens (primary N) is 1. The van der Waals surface area contributed by atoms with Gasteiger partial charge in [-0.05, 0) is 30.0 Å². The molecule has 0 saturated carbocycles. The highest BCUT2D eigenvalue weighted by atomic mass is 32.1. The summed E-state index contributed by atoms with van der Waals surface area (Å²) in [6, 6.07) is 7.31. The predicted octanol–water partition coefficient (Wildman–Crippen LogP) is 2.60. The van der Waals surface area contributed by atoms with Crippen molar-refractivity contribution in [1.82, 2.24) is 0 Å². The lowest BCUT2D eigenvalue weighted by molar-refractivity contribution is -0.384. The monoisotopic (exact) mass is 291 g/mol. The van der Waals surface area contributed by atoms with E-state index in [1.807, 2.05) is 5.38 Å². The van der Waals surface area contributed by atoms with E-state index in [-0.39, 0.29) is 11.4 Å². The Bertz CT molecular complexity index is 640. The van der Waals surface area contributed by atoms with Crippen LogP contribution < -0.4 is 11.1 Å². The van der Waals surface area contributed by atoms with Crippen LogP contribution in [0.1, 0.15) is 16.5 Å². The molecule has 1 aromatic carbocycles. The van der Waals surface area contributed by atoms with Gasteiger partial charge in [-0.15, -0.1) is 11.3 Å². The van der Waals surface area contributed by atoms with Crippen LogP contribution in [-0.4, -0.2) is 10.8 Å². The molecule has 3 N–H and O–H groups in total. The largest absolute Gasteiger partial charge is 0.319 e. The van der Waals surface area contributed by atoms with Crippen LogP contribution in [0.2, 0.25) is 0 Å². The van der Waals surface area contributed by atoms with E-state index in [1.165, 1.54) is 23.5 Å². The number of anilines is 1. The van der Waals surface area contributed by atoms with Crippen molar-refractivity contribution in [3.05, 3.63) is 56.3 Å². The lowest BCUT2D eigenvalue weighted by Gasteiger charge is -2.11. The third kappa shape index (κ3) is 3.01. The van der Waals surface area contributed by atoms with E-state index >= 15 is 0 Å². The van der Waals surface area contributed by atoms with E-state index in [4.69, 9.17) is 5.73 Å². The second-order valence-corrected chi connectivity index (χ2v) is 5.24. The van der Waals surface area contributed by atoms with Gasteiger partial charge in [-0.3, -0.25) is 14.9 Å². The van der Waals surface area contributed by atoms with Crippen molar-refractivity contribution in [1.29, 1.82) is 0 Å². The number of thiophene rings is 1. The van der Waals surface area contributed by atoms with Crippen molar-refractivity contribution in [3.63, 3.8) is 0 Å². The molecule has 1 aromatic heterocycles. The summed E-state index contributed by atoms with van der Waals surface area (Å²) >= 11 is 1.36. The number of benzene rings is 1. The predicted molar refractivity (Wildman–Crippen MR) is 77.7 cm³/mol. The van der Waals surface area contributed by atoms with Crippen molar-refractivity contribution in [2.45, 2.75) is 13.0 Å². The Kier molecular flexibility index (Phi) is 4.11. The first-order chi connectivity index (χ1) is 9.49. The quantitative estimate of drug-likeness (QED) is 0.668.